The number of hydrogen-bond acceptors (Lipinski definition) is 3. The zero-order valence-electron chi connectivity index (χ0n) is 10.9. The Hall–Kier alpha value is -1.10. The van der Waals surface area contributed by atoms with Crippen molar-refractivity contribution in [1.29, 1.82) is 0 Å². The van der Waals surface area contributed by atoms with Crippen molar-refractivity contribution in [2.75, 3.05) is 27.2 Å². The molecule has 0 aromatic carbocycles. The van der Waals surface area contributed by atoms with Crippen LogP contribution in [0.4, 0.5) is 0 Å². The van der Waals surface area contributed by atoms with E-state index in [0.29, 0.717) is 13.0 Å². The van der Waals surface area contributed by atoms with E-state index in [2.05, 4.69) is 0 Å². The van der Waals surface area contributed by atoms with Crippen LogP contribution >= 0.6 is 0 Å². The maximum absolute atomic E-state index is 11.9. The third kappa shape index (κ3) is 3.70. The lowest BCUT2D eigenvalue weighted by molar-refractivity contribution is -0.175. The molecule has 0 aromatic rings. The van der Waals surface area contributed by atoms with Gasteiger partial charge in [-0.25, -0.2) is 5.06 Å². The molecule has 1 fully saturated rings. The first-order valence-electron chi connectivity index (χ1n) is 6.19. The highest BCUT2D eigenvalue weighted by Gasteiger charge is 2.29. The Morgan fingerprint density at radius 2 is 2.18 bits per heavy atom. The van der Waals surface area contributed by atoms with Gasteiger partial charge in [0, 0.05) is 26.6 Å². The first-order valence-corrected chi connectivity index (χ1v) is 6.19. The number of carbonyl (C=O) groups excluding carboxylic acids is 2. The van der Waals surface area contributed by atoms with Gasteiger partial charge in [-0.15, -0.1) is 0 Å². The molecular weight excluding hydrogens is 220 g/mol. The zero-order valence-corrected chi connectivity index (χ0v) is 10.9. The Morgan fingerprint density at radius 1 is 1.47 bits per heavy atom. The Morgan fingerprint density at radius 3 is 2.76 bits per heavy atom. The summed E-state index contributed by atoms with van der Waals surface area (Å²) in [5.41, 5.74) is 0. The van der Waals surface area contributed by atoms with E-state index in [4.69, 9.17) is 4.84 Å². The summed E-state index contributed by atoms with van der Waals surface area (Å²) in [5.74, 6) is 0.000995. The minimum Gasteiger partial charge on any atom is -0.342 e. The maximum Gasteiger partial charge on any atom is 0.250 e. The fraction of sp³-hybridized carbons (Fsp3) is 0.833. The van der Waals surface area contributed by atoms with Crippen molar-refractivity contribution in [2.45, 2.75) is 32.6 Å². The van der Waals surface area contributed by atoms with E-state index in [9.17, 15) is 9.59 Å². The van der Waals surface area contributed by atoms with Crippen LogP contribution in [0.25, 0.3) is 0 Å². The molecular formula is C12H22N2O3. The van der Waals surface area contributed by atoms with Crippen LogP contribution in [0.2, 0.25) is 0 Å². The molecule has 0 N–H and O–H groups in total. The zero-order chi connectivity index (χ0) is 12.8. The highest BCUT2D eigenvalue weighted by atomic mass is 16.7. The lowest BCUT2D eigenvalue weighted by Gasteiger charge is -2.33. The second-order valence-electron chi connectivity index (χ2n) is 4.45. The highest BCUT2D eigenvalue weighted by molar-refractivity contribution is 5.80. The van der Waals surface area contributed by atoms with Gasteiger partial charge in [-0.3, -0.25) is 14.4 Å². The SMILES string of the molecule is CCCC(=O)N1CCC[C@@H](C(=O)N(C)OC)C1. The Balaban J connectivity index is 2.54. The predicted octanol–water partition coefficient (Wildman–Crippen LogP) is 1.04. The fourth-order valence-electron chi connectivity index (χ4n) is 2.12. The van der Waals surface area contributed by atoms with E-state index in [1.165, 1.54) is 12.2 Å². The van der Waals surface area contributed by atoms with Crippen LogP contribution in [0.5, 0.6) is 0 Å². The Kier molecular flexibility index (Phi) is 5.41. The molecule has 0 aliphatic carbocycles. The summed E-state index contributed by atoms with van der Waals surface area (Å²) in [6.07, 6.45) is 3.15. The number of carbonyl (C=O) groups is 2. The van der Waals surface area contributed by atoms with Gasteiger partial charge in [-0.2, -0.15) is 0 Å². The number of nitrogens with zero attached hydrogens (tertiary/aromatic N) is 2. The standard InChI is InChI=1S/C12H22N2O3/c1-4-6-11(15)14-8-5-7-10(9-14)12(16)13(2)17-3/h10H,4-9H2,1-3H3/t10-/m1/s1. The number of hydrogen-bond donors (Lipinski definition) is 0. The van der Waals surface area contributed by atoms with Gasteiger partial charge in [0.15, 0.2) is 0 Å². The van der Waals surface area contributed by atoms with E-state index in [-0.39, 0.29) is 17.7 Å². The minimum atomic E-state index is -0.116. The number of likely N-dealkylation sites (tertiary alicyclic amines) is 1. The van der Waals surface area contributed by atoms with Crippen LogP contribution < -0.4 is 0 Å². The van der Waals surface area contributed by atoms with E-state index in [0.717, 1.165) is 25.8 Å². The number of rotatable bonds is 4. The Bertz CT molecular complexity index is 281. The molecule has 5 heteroatoms. The second kappa shape index (κ2) is 6.59. The normalized spacial score (nSPS) is 20.2. The van der Waals surface area contributed by atoms with Crippen molar-refractivity contribution in [3.63, 3.8) is 0 Å². The van der Waals surface area contributed by atoms with Crippen LogP contribution in [0.1, 0.15) is 32.6 Å². The molecule has 1 saturated heterocycles. The fourth-order valence-corrected chi connectivity index (χ4v) is 2.12. The molecule has 5 nitrogen and oxygen atoms in total. The third-order valence-electron chi connectivity index (χ3n) is 3.17. The van der Waals surface area contributed by atoms with Crippen LogP contribution in [-0.2, 0) is 14.4 Å². The summed E-state index contributed by atoms with van der Waals surface area (Å²) in [6.45, 7) is 3.30. The topological polar surface area (TPSA) is 49.9 Å². The molecule has 0 unspecified atom stereocenters. The van der Waals surface area contributed by atoms with Gasteiger partial charge in [0.2, 0.25) is 5.91 Å². The maximum atomic E-state index is 11.9. The molecule has 2 amide bonds. The summed E-state index contributed by atoms with van der Waals surface area (Å²) in [4.78, 5) is 30.4. The largest absolute Gasteiger partial charge is 0.342 e. The number of piperidine rings is 1. The van der Waals surface area contributed by atoms with E-state index in [1.807, 2.05) is 6.92 Å². The van der Waals surface area contributed by atoms with Gasteiger partial charge < -0.3 is 4.90 Å². The second-order valence-corrected chi connectivity index (χ2v) is 4.45. The summed E-state index contributed by atoms with van der Waals surface area (Å²) in [5, 5.41) is 1.25. The highest BCUT2D eigenvalue weighted by Crippen LogP contribution is 2.19. The number of amides is 2. The first-order chi connectivity index (χ1) is 8.10. The van der Waals surface area contributed by atoms with Gasteiger partial charge in [-0.1, -0.05) is 6.92 Å². The van der Waals surface area contributed by atoms with Gasteiger partial charge in [0.05, 0.1) is 13.0 Å². The Labute approximate surface area is 103 Å². The molecule has 0 bridgehead atoms. The van der Waals surface area contributed by atoms with E-state index in [1.54, 1.807) is 11.9 Å². The van der Waals surface area contributed by atoms with Crippen molar-refractivity contribution in [3.8, 4) is 0 Å². The van der Waals surface area contributed by atoms with Crippen LogP contribution in [-0.4, -0.2) is 49.0 Å². The summed E-state index contributed by atoms with van der Waals surface area (Å²) < 4.78 is 0. The summed E-state index contributed by atoms with van der Waals surface area (Å²) >= 11 is 0. The lowest BCUT2D eigenvalue weighted by atomic mass is 9.97. The van der Waals surface area contributed by atoms with Crippen molar-refractivity contribution < 1.29 is 14.4 Å². The monoisotopic (exact) mass is 242 g/mol. The molecule has 1 rings (SSSR count). The summed E-state index contributed by atoms with van der Waals surface area (Å²) in [7, 11) is 3.08. The van der Waals surface area contributed by atoms with Crippen molar-refractivity contribution in [2.24, 2.45) is 5.92 Å². The van der Waals surface area contributed by atoms with Crippen LogP contribution in [0, 0.1) is 5.92 Å². The molecule has 1 aliphatic rings. The predicted molar refractivity (Wildman–Crippen MR) is 64.0 cm³/mol. The third-order valence-corrected chi connectivity index (χ3v) is 3.17. The lowest BCUT2D eigenvalue weighted by Crippen LogP contribution is -2.45. The van der Waals surface area contributed by atoms with Gasteiger partial charge in [0.1, 0.15) is 0 Å². The molecule has 1 aliphatic heterocycles. The quantitative estimate of drug-likeness (QED) is 0.692. The summed E-state index contributed by atoms with van der Waals surface area (Å²) in [6, 6.07) is 0. The molecule has 0 aromatic heterocycles. The van der Waals surface area contributed by atoms with Crippen molar-refractivity contribution in [1.82, 2.24) is 9.96 Å². The molecule has 17 heavy (non-hydrogen) atoms. The minimum absolute atomic E-state index is 0.0403. The van der Waals surface area contributed by atoms with E-state index >= 15 is 0 Å². The van der Waals surface area contributed by atoms with Gasteiger partial charge in [-0.05, 0) is 19.3 Å². The molecule has 0 spiro atoms. The molecule has 0 saturated carbocycles. The molecule has 0 radical (unpaired) electrons. The molecule has 1 heterocycles. The average molecular weight is 242 g/mol. The molecule has 1 atom stereocenters. The van der Waals surface area contributed by atoms with Gasteiger partial charge in [0.25, 0.3) is 5.91 Å². The van der Waals surface area contributed by atoms with Crippen LogP contribution in [0.3, 0.4) is 0 Å². The van der Waals surface area contributed by atoms with Crippen molar-refractivity contribution >= 4 is 11.8 Å². The number of hydroxylamine groups is 2. The van der Waals surface area contributed by atoms with E-state index < -0.39 is 0 Å². The van der Waals surface area contributed by atoms with Crippen molar-refractivity contribution in [3.05, 3.63) is 0 Å². The van der Waals surface area contributed by atoms with Gasteiger partial charge >= 0.3 is 0 Å². The average Bonchev–Trinajstić information content (AvgIpc) is 2.37. The smallest absolute Gasteiger partial charge is 0.250 e. The van der Waals surface area contributed by atoms with Crippen LogP contribution in [0.15, 0.2) is 0 Å². The molecule has 98 valence electrons. The first kappa shape index (κ1) is 14.0.